The van der Waals surface area contributed by atoms with E-state index >= 15 is 0 Å². The van der Waals surface area contributed by atoms with Crippen molar-refractivity contribution in [3.8, 4) is 0 Å². The van der Waals surface area contributed by atoms with Crippen molar-refractivity contribution >= 4 is 23.6 Å². The van der Waals surface area contributed by atoms with Crippen LogP contribution in [0.15, 0.2) is 30.3 Å². The molecule has 0 aromatic heterocycles. The molecular formula is C15H20ClN3O. The van der Waals surface area contributed by atoms with E-state index in [2.05, 4.69) is 4.90 Å². The Bertz CT molecular complexity index is 486. The highest BCUT2D eigenvalue weighted by Crippen LogP contribution is 2.12. The maximum atomic E-state index is 12.3. The van der Waals surface area contributed by atoms with Crippen molar-refractivity contribution in [1.29, 1.82) is 0 Å². The molecule has 0 saturated carbocycles. The molecule has 1 saturated heterocycles. The maximum Gasteiger partial charge on any atom is 0.246 e. The first kappa shape index (κ1) is 15.0. The molecule has 1 atom stereocenters. The Hall–Kier alpha value is -1.36. The van der Waals surface area contributed by atoms with Gasteiger partial charge in [-0.3, -0.25) is 4.79 Å². The van der Waals surface area contributed by atoms with E-state index in [1.807, 2.05) is 42.3 Å². The van der Waals surface area contributed by atoms with Crippen LogP contribution in [0.4, 0.5) is 0 Å². The molecule has 1 aromatic carbocycles. The molecule has 0 spiro atoms. The zero-order chi connectivity index (χ0) is 14.5. The molecule has 1 fully saturated rings. The lowest BCUT2D eigenvalue weighted by molar-refractivity contribution is -0.130. The molecule has 4 nitrogen and oxygen atoms in total. The molecule has 20 heavy (non-hydrogen) atoms. The summed E-state index contributed by atoms with van der Waals surface area (Å²) in [7, 11) is 2.05. The van der Waals surface area contributed by atoms with Gasteiger partial charge in [0.2, 0.25) is 5.91 Å². The zero-order valence-corrected chi connectivity index (χ0v) is 12.4. The van der Waals surface area contributed by atoms with E-state index in [1.54, 1.807) is 6.08 Å². The van der Waals surface area contributed by atoms with E-state index in [1.165, 1.54) is 0 Å². The number of nitrogens with two attached hydrogens (primary N) is 1. The molecule has 5 heteroatoms. The van der Waals surface area contributed by atoms with Crippen molar-refractivity contribution in [2.75, 3.05) is 33.2 Å². The van der Waals surface area contributed by atoms with E-state index in [-0.39, 0.29) is 11.9 Å². The molecule has 0 aliphatic carbocycles. The monoisotopic (exact) mass is 293 g/mol. The minimum absolute atomic E-state index is 0.0171. The quantitative estimate of drug-likeness (QED) is 0.858. The summed E-state index contributed by atoms with van der Waals surface area (Å²) in [6.45, 7) is 2.93. The summed E-state index contributed by atoms with van der Waals surface area (Å²) in [4.78, 5) is 16.3. The van der Waals surface area contributed by atoms with Crippen LogP contribution in [-0.4, -0.2) is 55.0 Å². The molecule has 1 aromatic rings. The number of carbonyl (C=O) groups excluding carboxylic acids is 1. The molecule has 1 amide bonds. The maximum absolute atomic E-state index is 12.3. The van der Waals surface area contributed by atoms with Gasteiger partial charge in [-0.1, -0.05) is 23.7 Å². The molecule has 0 radical (unpaired) electrons. The third-order valence-corrected chi connectivity index (χ3v) is 3.78. The van der Waals surface area contributed by atoms with Crippen molar-refractivity contribution in [2.24, 2.45) is 5.73 Å². The van der Waals surface area contributed by atoms with Crippen LogP contribution in [0.1, 0.15) is 5.56 Å². The van der Waals surface area contributed by atoms with Gasteiger partial charge in [0.15, 0.2) is 0 Å². The van der Waals surface area contributed by atoms with Crippen LogP contribution < -0.4 is 5.73 Å². The van der Waals surface area contributed by atoms with Crippen molar-refractivity contribution in [1.82, 2.24) is 9.80 Å². The highest BCUT2D eigenvalue weighted by atomic mass is 35.5. The van der Waals surface area contributed by atoms with E-state index in [0.717, 1.165) is 25.2 Å². The van der Waals surface area contributed by atoms with Crippen molar-refractivity contribution in [2.45, 2.75) is 6.04 Å². The summed E-state index contributed by atoms with van der Waals surface area (Å²) >= 11 is 5.83. The molecule has 0 bridgehead atoms. The van der Waals surface area contributed by atoms with E-state index in [9.17, 15) is 4.79 Å². The zero-order valence-electron chi connectivity index (χ0n) is 11.6. The second-order valence-electron chi connectivity index (χ2n) is 5.07. The van der Waals surface area contributed by atoms with Gasteiger partial charge >= 0.3 is 0 Å². The largest absolute Gasteiger partial charge is 0.332 e. The van der Waals surface area contributed by atoms with E-state index in [0.29, 0.717) is 11.6 Å². The highest BCUT2D eigenvalue weighted by Gasteiger charge is 2.26. The fourth-order valence-corrected chi connectivity index (χ4v) is 2.47. The number of hydrogen-bond acceptors (Lipinski definition) is 3. The van der Waals surface area contributed by atoms with Crippen LogP contribution in [0.2, 0.25) is 5.02 Å². The predicted octanol–water partition coefficient (Wildman–Crippen LogP) is 1.45. The first-order valence-electron chi connectivity index (χ1n) is 6.73. The molecule has 1 aliphatic rings. The van der Waals surface area contributed by atoms with Crippen LogP contribution in [-0.2, 0) is 4.79 Å². The first-order chi connectivity index (χ1) is 9.60. The SMILES string of the molecule is CN1CCN(C(=O)/C=C/c2ccc(Cl)cc2)C(CN)C1. The number of benzene rings is 1. The summed E-state index contributed by atoms with van der Waals surface area (Å²) in [5.74, 6) is 0.0171. The topological polar surface area (TPSA) is 49.6 Å². The van der Waals surface area contributed by atoms with Crippen LogP contribution >= 0.6 is 11.6 Å². The van der Waals surface area contributed by atoms with Gasteiger partial charge in [-0.15, -0.1) is 0 Å². The summed E-state index contributed by atoms with van der Waals surface area (Å²) in [6.07, 6.45) is 3.42. The first-order valence-corrected chi connectivity index (χ1v) is 7.11. The molecule has 1 unspecified atom stereocenters. The van der Waals surface area contributed by atoms with Gasteiger partial charge in [0.25, 0.3) is 0 Å². The number of hydrogen-bond donors (Lipinski definition) is 1. The molecule has 1 aliphatic heterocycles. The average Bonchev–Trinajstić information content (AvgIpc) is 2.46. The van der Waals surface area contributed by atoms with Crippen molar-refractivity contribution < 1.29 is 4.79 Å². The number of amides is 1. The summed E-state index contributed by atoms with van der Waals surface area (Å²) in [6, 6.07) is 7.48. The van der Waals surface area contributed by atoms with Gasteiger partial charge in [0.1, 0.15) is 0 Å². The van der Waals surface area contributed by atoms with Gasteiger partial charge in [0, 0.05) is 37.3 Å². The van der Waals surface area contributed by atoms with E-state index in [4.69, 9.17) is 17.3 Å². The van der Waals surface area contributed by atoms with Gasteiger partial charge in [-0.2, -0.15) is 0 Å². The minimum Gasteiger partial charge on any atom is -0.332 e. The third-order valence-electron chi connectivity index (χ3n) is 3.53. The molecule has 108 valence electrons. The van der Waals surface area contributed by atoms with Crippen LogP contribution in [0.5, 0.6) is 0 Å². The summed E-state index contributed by atoms with van der Waals surface area (Å²) in [5, 5.41) is 0.691. The minimum atomic E-state index is 0.0171. The molecule has 2 rings (SSSR count). The number of carbonyl (C=O) groups is 1. The van der Waals surface area contributed by atoms with Crippen LogP contribution in [0.3, 0.4) is 0 Å². The normalized spacial score (nSPS) is 20.6. The summed E-state index contributed by atoms with van der Waals surface area (Å²) in [5.41, 5.74) is 6.72. The predicted molar refractivity (Wildman–Crippen MR) is 82.5 cm³/mol. The van der Waals surface area contributed by atoms with Gasteiger partial charge in [-0.25, -0.2) is 0 Å². The Kier molecular flexibility index (Phi) is 5.17. The lowest BCUT2D eigenvalue weighted by Crippen LogP contribution is -2.56. The van der Waals surface area contributed by atoms with Gasteiger partial charge < -0.3 is 15.5 Å². The lowest BCUT2D eigenvalue weighted by Gasteiger charge is -2.39. The van der Waals surface area contributed by atoms with E-state index < -0.39 is 0 Å². The Morgan fingerprint density at radius 3 is 2.75 bits per heavy atom. The smallest absolute Gasteiger partial charge is 0.246 e. The number of halogens is 1. The Morgan fingerprint density at radius 2 is 2.10 bits per heavy atom. The molecule has 1 heterocycles. The second kappa shape index (κ2) is 6.88. The highest BCUT2D eigenvalue weighted by molar-refractivity contribution is 6.30. The summed E-state index contributed by atoms with van der Waals surface area (Å²) < 4.78 is 0. The Labute approximate surface area is 124 Å². The molecule has 2 N–H and O–H groups in total. The standard InChI is InChI=1S/C15H20ClN3O/c1-18-8-9-19(14(10-17)11-18)15(20)7-4-12-2-5-13(16)6-3-12/h2-7,14H,8-11,17H2,1H3/b7-4+. The lowest BCUT2D eigenvalue weighted by atomic mass is 10.1. The number of piperazine rings is 1. The number of rotatable bonds is 3. The van der Waals surface area contributed by atoms with Crippen molar-refractivity contribution in [3.05, 3.63) is 40.9 Å². The van der Waals surface area contributed by atoms with Gasteiger partial charge in [-0.05, 0) is 30.8 Å². The third kappa shape index (κ3) is 3.82. The second-order valence-corrected chi connectivity index (χ2v) is 5.50. The fourth-order valence-electron chi connectivity index (χ4n) is 2.34. The van der Waals surface area contributed by atoms with Crippen LogP contribution in [0.25, 0.3) is 6.08 Å². The van der Waals surface area contributed by atoms with Gasteiger partial charge in [0.05, 0.1) is 6.04 Å². The molecular weight excluding hydrogens is 274 g/mol. The number of likely N-dealkylation sites (N-methyl/N-ethyl adjacent to an activating group) is 1. The van der Waals surface area contributed by atoms with Crippen molar-refractivity contribution in [3.63, 3.8) is 0 Å². The Morgan fingerprint density at radius 1 is 1.40 bits per heavy atom. The number of nitrogens with zero attached hydrogens (tertiary/aromatic N) is 2. The Balaban J connectivity index is 2.01. The van der Waals surface area contributed by atoms with Crippen LogP contribution in [0, 0.1) is 0 Å². The fraction of sp³-hybridized carbons (Fsp3) is 0.400. The average molecular weight is 294 g/mol.